The van der Waals surface area contributed by atoms with Crippen molar-refractivity contribution in [3.8, 4) is 5.75 Å². The van der Waals surface area contributed by atoms with E-state index in [2.05, 4.69) is 35.1 Å². The van der Waals surface area contributed by atoms with Gasteiger partial charge in [0.2, 0.25) is 5.91 Å². The van der Waals surface area contributed by atoms with Gasteiger partial charge in [-0.3, -0.25) is 4.79 Å². The highest BCUT2D eigenvalue weighted by Gasteiger charge is 2.32. The number of hydrogen-bond acceptors (Lipinski definition) is 3. The summed E-state index contributed by atoms with van der Waals surface area (Å²) in [5, 5.41) is 3.30. The van der Waals surface area contributed by atoms with E-state index in [0.29, 0.717) is 6.04 Å². The lowest BCUT2D eigenvalue weighted by Crippen LogP contribution is -2.41. The standard InChI is InChI=1S/C14H19BrN2O2/c1-9(2)16-12-6-7-17(14(12)18)10-4-5-11(15)13(8-10)19-3/h4-5,8-9,12,16H,6-7H2,1-3H3. The van der Waals surface area contributed by atoms with Crippen LogP contribution in [0.15, 0.2) is 22.7 Å². The minimum absolute atomic E-state index is 0.0744. The lowest BCUT2D eigenvalue weighted by molar-refractivity contribution is -0.118. The fourth-order valence-corrected chi connectivity index (χ4v) is 2.72. The van der Waals surface area contributed by atoms with Crippen molar-refractivity contribution in [3.05, 3.63) is 22.7 Å². The van der Waals surface area contributed by atoms with E-state index < -0.39 is 0 Å². The molecule has 1 saturated heterocycles. The Labute approximate surface area is 122 Å². The molecule has 19 heavy (non-hydrogen) atoms. The highest BCUT2D eigenvalue weighted by atomic mass is 79.9. The van der Waals surface area contributed by atoms with Gasteiger partial charge in [-0.25, -0.2) is 0 Å². The van der Waals surface area contributed by atoms with Crippen molar-refractivity contribution in [3.63, 3.8) is 0 Å². The number of hydrogen-bond donors (Lipinski definition) is 1. The first-order valence-electron chi connectivity index (χ1n) is 6.44. The van der Waals surface area contributed by atoms with Crippen LogP contribution in [-0.4, -0.2) is 31.6 Å². The van der Waals surface area contributed by atoms with E-state index in [4.69, 9.17) is 4.74 Å². The number of anilines is 1. The van der Waals surface area contributed by atoms with Gasteiger partial charge in [-0.05, 0) is 34.5 Å². The van der Waals surface area contributed by atoms with Crippen LogP contribution in [0.25, 0.3) is 0 Å². The third kappa shape index (κ3) is 3.09. The number of carbonyl (C=O) groups is 1. The Kier molecular flexibility index (Phi) is 4.47. The van der Waals surface area contributed by atoms with Crippen molar-refractivity contribution < 1.29 is 9.53 Å². The van der Waals surface area contributed by atoms with Gasteiger partial charge in [0, 0.05) is 24.3 Å². The lowest BCUT2D eigenvalue weighted by Gasteiger charge is -2.19. The number of benzene rings is 1. The van der Waals surface area contributed by atoms with E-state index in [1.165, 1.54) is 0 Å². The molecule has 1 atom stereocenters. The molecule has 4 nitrogen and oxygen atoms in total. The van der Waals surface area contributed by atoms with Crippen LogP contribution in [0.3, 0.4) is 0 Å². The first-order valence-corrected chi connectivity index (χ1v) is 7.23. The summed E-state index contributed by atoms with van der Waals surface area (Å²) in [4.78, 5) is 14.2. The first-order chi connectivity index (χ1) is 9.02. The van der Waals surface area contributed by atoms with Crippen molar-refractivity contribution >= 4 is 27.5 Å². The summed E-state index contributed by atoms with van der Waals surface area (Å²) in [7, 11) is 1.62. The highest BCUT2D eigenvalue weighted by Crippen LogP contribution is 2.31. The molecule has 1 aromatic carbocycles. The van der Waals surface area contributed by atoms with Gasteiger partial charge in [0.05, 0.1) is 17.6 Å². The zero-order chi connectivity index (χ0) is 14.0. The van der Waals surface area contributed by atoms with Crippen molar-refractivity contribution in [2.75, 3.05) is 18.6 Å². The van der Waals surface area contributed by atoms with Crippen molar-refractivity contribution in [1.29, 1.82) is 0 Å². The quantitative estimate of drug-likeness (QED) is 0.924. The van der Waals surface area contributed by atoms with Gasteiger partial charge in [-0.1, -0.05) is 13.8 Å². The van der Waals surface area contributed by atoms with Gasteiger partial charge in [0.15, 0.2) is 0 Å². The normalized spacial score (nSPS) is 19.3. The molecule has 1 aliphatic rings. The monoisotopic (exact) mass is 326 g/mol. The van der Waals surface area contributed by atoms with Crippen LogP contribution in [0.5, 0.6) is 5.75 Å². The maximum Gasteiger partial charge on any atom is 0.244 e. The molecular formula is C14H19BrN2O2. The fourth-order valence-electron chi connectivity index (χ4n) is 2.31. The SMILES string of the molecule is COc1cc(N2CCC(NC(C)C)C2=O)ccc1Br. The Balaban J connectivity index is 2.17. The third-order valence-electron chi connectivity index (χ3n) is 3.19. The molecule has 2 rings (SSSR count). The van der Waals surface area contributed by atoms with Crippen LogP contribution in [-0.2, 0) is 4.79 Å². The molecule has 1 amide bonds. The van der Waals surface area contributed by atoms with E-state index >= 15 is 0 Å². The third-order valence-corrected chi connectivity index (χ3v) is 3.84. The molecular weight excluding hydrogens is 308 g/mol. The van der Waals surface area contributed by atoms with Crippen LogP contribution in [0, 0.1) is 0 Å². The zero-order valence-electron chi connectivity index (χ0n) is 11.4. The molecule has 1 aromatic rings. The van der Waals surface area contributed by atoms with E-state index in [1.807, 2.05) is 23.1 Å². The molecule has 0 bridgehead atoms. The summed E-state index contributed by atoms with van der Waals surface area (Å²) < 4.78 is 6.16. The Hall–Kier alpha value is -1.07. The molecule has 1 fully saturated rings. The number of halogens is 1. The number of amides is 1. The summed E-state index contributed by atoms with van der Waals surface area (Å²) in [6.07, 6.45) is 0.843. The van der Waals surface area contributed by atoms with Gasteiger partial charge in [-0.2, -0.15) is 0 Å². The minimum atomic E-state index is -0.0744. The molecule has 1 N–H and O–H groups in total. The molecule has 5 heteroatoms. The first kappa shape index (κ1) is 14.3. The number of nitrogens with zero attached hydrogens (tertiary/aromatic N) is 1. The van der Waals surface area contributed by atoms with Crippen molar-refractivity contribution in [1.82, 2.24) is 5.32 Å². The Morgan fingerprint density at radius 3 is 2.84 bits per heavy atom. The summed E-state index contributed by atoms with van der Waals surface area (Å²) in [5.74, 6) is 0.878. The van der Waals surface area contributed by atoms with Crippen LogP contribution in [0.4, 0.5) is 5.69 Å². The van der Waals surface area contributed by atoms with Gasteiger partial charge in [0.1, 0.15) is 5.75 Å². The number of rotatable bonds is 4. The fraction of sp³-hybridized carbons (Fsp3) is 0.500. The number of nitrogens with one attached hydrogen (secondary N) is 1. The minimum Gasteiger partial charge on any atom is -0.495 e. The van der Waals surface area contributed by atoms with Gasteiger partial charge in [0.25, 0.3) is 0 Å². The molecule has 1 heterocycles. The molecule has 0 aliphatic carbocycles. The van der Waals surface area contributed by atoms with E-state index in [9.17, 15) is 4.79 Å². The number of methoxy groups -OCH3 is 1. The predicted molar refractivity (Wildman–Crippen MR) is 79.7 cm³/mol. The number of ether oxygens (including phenoxy) is 1. The molecule has 0 spiro atoms. The van der Waals surface area contributed by atoms with E-state index in [0.717, 1.165) is 28.9 Å². The van der Waals surface area contributed by atoms with Crippen molar-refractivity contribution in [2.45, 2.75) is 32.4 Å². The lowest BCUT2D eigenvalue weighted by atomic mass is 10.2. The van der Waals surface area contributed by atoms with E-state index in [-0.39, 0.29) is 11.9 Å². The Bertz CT molecular complexity index is 477. The predicted octanol–water partition coefficient (Wildman–Crippen LogP) is 2.56. The molecule has 0 saturated carbocycles. The average Bonchev–Trinajstić information content (AvgIpc) is 2.71. The maximum absolute atomic E-state index is 12.3. The second-order valence-electron chi connectivity index (χ2n) is 4.97. The molecule has 1 unspecified atom stereocenters. The van der Waals surface area contributed by atoms with Crippen LogP contribution >= 0.6 is 15.9 Å². The summed E-state index contributed by atoms with van der Waals surface area (Å²) >= 11 is 3.42. The van der Waals surface area contributed by atoms with Gasteiger partial charge >= 0.3 is 0 Å². The van der Waals surface area contributed by atoms with Crippen molar-refractivity contribution in [2.24, 2.45) is 0 Å². The number of carbonyl (C=O) groups excluding carboxylic acids is 1. The summed E-state index contributed by atoms with van der Waals surface area (Å²) in [6.45, 7) is 4.85. The molecule has 104 valence electrons. The molecule has 1 aliphatic heterocycles. The Morgan fingerprint density at radius 2 is 2.21 bits per heavy atom. The second-order valence-corrected chi connectivity index (χ2v) is 5.83. The Morgan fingerprint density at radius 1 is 1.47 bits per heavy atom. The van der Waals surface area contributed by atoms with Crippen LogP contribution in [0.1, 0.15) is 20.3 Å². The van der Waals surface area contributed by atoms with Crippen LogP contribution < -0.4 is 15.0 Å². The smallest absolute Gasteiger partial charge is 0.244 e. The maximum atomic E-state index is 12.3. The molecule has 0 radical (unpaired) electrons. The summed E-state index contributed by atoms with van der Waals surface area (Å²) in [5.41, 5.74) is 0.887. The van der Waals surface area contributed by atoms with Crippen LogP contribution in [0.2, 0.25) is 0 Å². The topological polar surface area (TPSA) is 41.6 Å². The molecule has 0 aromatic heterocycles. The second kappa shape index (κ2) is 5.92. The zero-order valence-corrected chi connectivity index (χ0v) is 13.0. The highest BCUT2D eigenvalue weighted by molar-refractivity contribution is 9.10. The van der Waals surface area contributed by atoms with Gasteiger partial charge in [-0.15, -0.1) is 0 Å². The van der Waals surface area contributed by atoms with E-state index in [1.54, 1.807) is 7.11 Å². The largest absolute Gasteiger partial charge is 0.495 e. The summed E-state index contributed by atoms with van der Waals surface area (Å²) in [6, 6.07) is 5.97. The van der Waals surface area contributed by atoms with Gasteiger partial charge < -0.3 is 15.0 Å². The average molecular weight is 327 g/mol.